The van der Waals surface area contributed by atoms with Crippen molar-refractivity contribution in [2.75, 3.05) is 12.8 Å². The molecule has 6 nitrogen and oxygen atoms in total. The molecule has 2 aromatic rings. The third-order valence-electron chi connectivity index (χ3n) is 3.09. The summed E-state index contributed by atoms with van der Waals surface area (Å²) in [6.07, 6.45) is 3.64. The number of benzene rings is 1. The Labute approximate surface area is 128 Å². The first-order valence-electron chi connectivity index (χ1n) is 6.69. The van der Waals surface area contributed by atoms with Gasteiger partial charge in [0.15, 0.2) is 5.69 Å². The van der Waals surface area contributed by atoms with Crippen LogP contribution in [0.2, 0.25) is 0 Å². The molecule has 1 heterocycles. The van der Waals surface area contributed by atoms with Crippen molar-refractivity contribution in [3.63, 3.8) is 0 Å². The minimum atomic E-state index is -0.236. The number of nitrogens with zero attached hydrogens (tertiary/aromatic N) is 3. The Morgan fingerprint density at radius 1 is 1.43 bits per heavy atom. The molecule has 21 heavy (non-hydrogen) atoms. The highest BCUT2D eigenvalue weighted by atomic mass is 32.2. The zero-order chi connectivity index (χ0) is 15.2. The number of carbonyl (C=O) groups excluding carboxylic acids is 1. The molecule has 0 aliphatic carbocycles. The van der Waals surface area contributed by atoms with E-state index in [0.29, 0.717) is 18.8 Å². The van der Waals surface area contributed by atoms with E-state index in [2.05, 4.69) is 15.6 Å². The van der Waals surface area contributed by atoms with Gasteiger partial charge in [0, 0.05) is 11.4 Å². The third kappa shape index (κ3) is 4.05. The predicted octanol–water partition coefficient (Wildman–Crippen LogP) is 1.45. The molecule has 1 unspecified atom stereocenters. The fourth-order valence-corrected chi connectivity index (χ4v) is 2.30. The van der Waals surface area contributed by atoms with Crippen molar-refractivity contribution < 1.29 is 4.79 Å². The van der Waals surface area contributed by atoms with E-state index in [1.165, 1.54) is 4.90 Å². The van der Waals surface area contributed by atoms with E-state index in [9.17, 15) is 4.79 Å². The van der Waals surface area contributed by atoms with E-state index >= 15 is 0 Å². The number of thioether (sulfide) groups is 1. The third-order valence-corrected chi connectivity index (χ3v) is 3.84. The van der Waals surface area contributed by atoms with Gasteiger partial charge in [-0.25, -0.2) is 0 Å². The summed E-state index contributed by atoms with van der Waals surface area (Å²) in [7, 11) is 0. The highest BCUT2D eigenvalue weighted by Gasteiger charge is 2.14. The molecule has 0 radical (unpaired) electrons. The van der Waals surface area contributed by atoms with Crippen LogP contribution in [-0.4, -0.2) is 33.7 Å². The summed E-state index contributed by atoms with van der Waals surface area (Å²) in [6.45, 7) is 2.95. The van der Waals surface area contributed by atoms with Gasteiger partial charge in [-0.3, -0.25) is 9.48 Å². The van der Waals surface area contributed by atoms with Crippen molar-refractivity contribution in [2.24, 2.45) is 5.73 Å². The van der Waals surface area contributed by atoms with Crippen LogP contribution in [0.5, 0.6) is 0 Å². The van der Waals surface area contributed by atoms with Crippen LogP contribution in [0, 0.1) is 0 Å². The molecule has 0 aliphatic rings. The molecule has 112 valence electrons. The Kier molecular flexibility index (Phi) is 5.35. The van der Waals surface area contributed by atoms with Gasteiger partial charge in [-0.1, -0.05) is 17.3 Å². The lowest BCUT2D eigenvalue weighted by atomic mass is 10.1. The maximum Gasteiger partial charge on any atom is 0.273 e. The number of rotatable bonds is 6. The van der Waals surface area contributed by atoms with Gasteiger partial charge in [-0.05, 0) is 30.9 Å². The Hall–Kier alpha value is -1.86. The Morgan fingerprint density at radius 2 is 2.14 bits per heavy atom. The van der Waals surface area contributed by atoms with Crippen molar-refractivity contribution >= 4 is 17.7 Å². The van der Waals surface area contributed by atoms with E-state index < -0.39 is 0 Å². The molecule has 0 aliphatic heterocycles. The molecule has 2 rings (SSSR count). The number of amides is 1. The molecule has 1 atom stereocenters. The number of nitrogens with one attached hydrogen (secondary N) is 1. The molecular formula is C14H19N5OS. The summed E-state index contributed by atoms with van der Waals surface area (Å²) >= 11 is 1.69. The zero-order valence-corrected chi connectivity index (χ0v) is 12.9. The van der Waals surface area contributed by atoms with Crippen molar-refractivity contribution in [2.45, 2.75) is 24.4 Å². The average molecular weight is 305 g/mol. The van der Waals surface area contributed by atoms with E-state index in [-0.39, 0.29) is 11.9 Å². The molecular weight excluding hydrogens is 286 g/mol. The van der Waals surface area contributed by atoms with E-state index in [1.807, 2.05) is 37.4 Å². The normalized spacial score (nSPS) is 12.1. The minimum absolute atomic E-state index is 0.0898. The molecule has 1 aromatic carbocycles. The maximum atomic E-state index is 12.1. The van der Waals surface area contributed by atoms with Gasteiger partial charge in [0.2, 0.25) is 0 Å². The van der Waals surface area contributed by atoms with Gasteiger partial charge in [0.05, 0.1) is 18.8 Å². The highest BCUT2D eigenvalue weighted by Crippen LogP contribution is 2.19. The number of hydrogen-bond acceptors (Lipinski definition) is 5. The zero-order valence-electron chi connectivity index (χ0n) is 12.1. The predicted molar refractivity (Wildman–Crippen MR) is 83.2 cm³/mol. The molecule has 0 bridgehead atoms. The molecule has 3 N–H and O–H groups in total. The lowest BCUT2D eigenvalue weighted by Crippen LogP contribution is -2.27. The molecule has 1 amide bonds. The Bertz CT molecular complexity index is 596. The number of hydrogen-bond donors (Lipinski definition) is 2. The van der Waals surface area contributed by atoms with Gasteiger partial charge in [-0.15, -0.1) is 16.9 Å². The standard InChI is InChI=1S/C14H19N5OS/c1-10(11-3-5-12(21-2)6-4-11)16-14(20)13-9-19(8-7-15)18-17-13/h3-6,9-10H,7-8,15H2,1-2H3,(H,16,20). The second-order valence-corrected chi connectivity index (χ2v) is 5.50. The highest BCUT2D eigenvalue weighted by molar-refractivity contribution is 7.98. The van der Waals surface area contributed by atoms with Crippen LogP contribution >= 0.6 is 11.8 Å². The van der Waals surface area contributed by atoms with Gasteiger partial charge < -0.3 is 11.1 Å². The summed E-state index contributed by atoms with van der Waals surface area (Å²) in [4.78, 5) is 13.3. The van der Waals surface area contributed by atoms with Crippen LogP contribution in [0.25, 0.3) is 0 Å². The van der Waals surface area contributed by atoms with Gasteiger partial charge >= 0.3 is 0 Å². The van der Waals surface area contributed by atoms with Gasteiger partial charge in [-0.2, -0.15) is 0 Å². The Balaban J connectivity index is 1.99. The van der Waals surface area contributed by atoms with Crippen molar-refractivity contribution in [3.8, 4) is 0 Å². The SMILES string of the molecule is CSc1ccc(C(C)NC(=O)c2cn(CCN)nn2)cc1. The van der Waals surface area contributed by atoms with Crippen LogP contribution in [0.15, 0.2) is 35.4 Å². The number of nitrogens with two attached hydrogens (primary N) is 1. The molecule has 0 saturated heterocycles. The van der Waals surface area contributed by atoms with Crippen molar-refractivity contribution in [1.82, 2.24) is 20.3 Å². The van der Waals surface area contributed by atoms with Gasteiger partial charge in [0.25, 0.3) is 5.91 Å². The first-order chi connectivity index (χ1) is 10.1. The summed E-state index contributed by atoms with van der Waals surface area (Å²) in [5.41, 5.74) is 6.79. The molecule has 0 saturated carbocycles. The second kappa shape index (κ2) is 7.24. The summed E-state index contributed by atoms with van der Waals surface area (Å²) in [5.74, 6) is -0.236. The van der Waals surface area contributed by atoms with E-state index in [0.717, 1.165) is 5.56 Å². The summed E-state index contributed by atoms with van der Waals surface area (Å²) in [5, 5.41) is 10.6. The molecule has 7 heteroatoms. The maximum absolute atomic E-state index is 12.1. The first kappa shape index (κ1) is 15.5. The summed E-state index contributed by atoms with van der Waals surface area (Å²) < 4.78 is 1.56. The smallest absolute Gasteiger partial charge is 0.273 e. The van der Waals surface area contributed by atoms with E-state index in [1.54, 1.807) is 22.6 Å². The quantitative estimate of drug-likeness (QED) is 0.789. The largest absolute Gasteiger partial charge is 0.344 e. The number of carbonyl (C=O) groups is 1. The van der Waals surface area contributed by atoms with Crippen molar-refractivity contribution in [1.29, 1.82) is 0 Å². The second-order valence-electron chi connectivity index (χ2n) is 4.62. The van der Waals surface area contributed by atoms with Gasteiger partial charge in [0.1, 0.15) is 0 Å². The molecule has 0 fully saturated rings. The average Bonchev–Trinajstić information content (AvgIpc) is 2.96. The van der Waals surface area contributed by atoms with Crippen LogP contribution < -0.4 is 11.1 Å². The van der Waals surface area contributed by atoms with Crippen LogP contribution in [-0.2, 0) is 6.54 Å². The van der Waals surface area contributed by atoms with Crippen LogP contribution in [0.3, 0.4) is 0 Å². The summed E-state index contributed by atoms with van der Waals surface area (Å²) in [6, 6.07) is 8.03. The van der Waals surface area contributed by atoms with Crippen LogP contribution in [0.4, 0.5) is 0 Å². The fourth-order valence-electron chi connectivity index (χ4n) is 1.89. The van der Waals surface area contributed by atoms with E-state index in [4.69, 9.17) is 5.73 Å². The molecule has 0 spiro atoms. The lowest BCUT2D eigenvalue weighted by Gasteiger charge is -2.13. The Morgan fingerprint density at radius 3 is 2.76 bits per heavy atom. The minimum Gasteiger partial charge on any atom is -0.344 e. The van der Waals surface area contributed by atoms with Crippen molar-refractivity contribution in [3.05, 3.63) is 41.7 Å². The first-order valence-corrected chi connectivity index (χ1v) is 7.91. The fraction of sp³-hybridized carbons (Fsp3) is 0.357. The lowest BCUT2D eigenvalue weighted by molar-refractivity contribution is 0.0934. The number of aromatic nitrogens is 3. The topological polar surface area (TPSA) is 85.8 Å². The molecule has 1 aromatic heterocycles. The monoisotopic (exact) mass is 305 g/mol. The van der Waals surface area contributed by atoms with Crippen LogP contribution in [0.1, 0.15) is 29.0 Å².